The number of benzene rings is 2. The zero-order valence-electron chi connectivity index (χ0n) is 13.9. The van der Waals surface area contributed by atoms with Crippen molar-refractivity contribution in [1.82, 2.24) is 4.31 Å². The summed E-state index contributed by atoms with van der Waals surface area (Å²) >= 11 is 6.22. The van der Waals surface area contributed by atoms with Crippen LogP contribution in [0.5, 0.6) is 5.75 Å². The van der Waals surface area contributed by atoms with E-state index in [0.29, 0.717) is 30.5 Å². The predicted molar refractivity (Wildman–Crippen MR) is 96.5 cm³/mol. The molecule has 0 N–H and O–H groups in total. The van der Waals surface area contributed by atoms with Crippen LogP contribution in [-0.4, -0.2) is 39.0 Å². The van der Waals surface area contributed by atoms with E-state index in [9.17, 15) is 8.42 Å². The van der Waals surface area contributed by atoms with Gasteiger partial charge >= 0.3 is 0 Å². The standard InChI is InChI=1S/C18H20ClNO4S/c1-2-23-14-7-9-15(10-8-14)25(21,22)20-11-12-24-18(13-20)16-5-3-4-6-17(16)19/h3-10,18H,2,11-13H2,1H3. The van der Waals surface area contributed by atoms with Crippen molar-refractivity contribution in [3.05, 3.63) is 59.1 Å². The lowest BCUT2D eigenvalue weighted by atomic mass is 10.1. The quantitative estimate of drug-likeness (QED) is 0.795. The molecule has 0 aliphatic carbocycles. The largest absolute Gasteiger partial charge is 0.494 e. The first-order valence-corrected chi connectivity index (χ1v) is 9.93. The molecule has 7 heteroatoms. The molecule has 0 saturated carbocycles. The van der Waals surface area contributed by atoms with Gasteiger partial charge < -0.3 is 9.47 Å². The van der Waals surface area contributed by atoms with E-state index in [1.165, 1.54) is 4.31 Å². The van der Waals surface area contributed by atoms with E-state index in [1.54, 1.807) is 30.3 Å². The first kappa shape index (κ1) is 18.2. The Kier molecular flexibility index (Phi) is 5.64. The molecule has 1 unspecified atom stereocenters. The Bertz CT molecular complexity index is 823. The number of halogens is 1. The number of hydrogen-bond donors (Lipinski definition) is 0. The molecule has 0 amide bonds. The second kappa shape index (κ2) is 7.74. The maximum absolute atomic E-state index is 12.9. The summed E-state index contributed by atoms with van der Waals surface area (Å²) in [5.74, 6) is 0.650. The molecule has 1 aliphatic heterocycles. The molecule has 0 spiro atoms. The van der Waals surface area contributed by atoms with Gasteiger partial charge in [0.1, 0.15) is 5.75 Å². The van der Waals surface area contributed by atoms with Crippen LogP contribution in [0, 0.1) is 0 Å². The normalized spacial score (nSPS) is 18.9. The lowest BCUT2D eigenvalue weighted by Gasteiger charge is -2.32. The van der Waals surface area contributed by atoms with E-state index >= 15 is 0 Å². The Morgan fingerprint density at radius 2 is 1.92 bits per heavy atom. The third kappa shape index (κ3) is 3.98. The average molecular weight is 382 g/mol. The van der Waals surface area contributed by atoms with Crippen LogP contribution in [0.2, 0.25) is 5.02 Å². The molecule has 2 aromatic rings. The second-order valence-electron chi connectivity index (χ2n) is 5.65. The fraction of sp³-hybridized carbons (Fsp3) is 0.333. The van der Waals surface area contributed by atoms with Gasteiger partial charge in [-0.2, -0.15) is 4.31 Å². The zero-order chi connectivity index (χ0) is 17.9. The smallest absolute Gasteiger partial charge is 0.243 e. The Labute approximate surface area is 153 Å². The van der Waals surface area contributed by atoms with Crippen molar-refractivity contribution in [2.75, 3.05) is 26.3 Å². The van der Waals surface area contributed by atoms with E-state index in [4.69, 9.17) is 21.1 Å². The molecule has 1 heterocycles. The molecule has 1 atom stereocenters. The minimum atomic E-state index is -3.59. The van der Waals surface area contributed by atoms with Gasteiger partial charge in [0.15, 0.2) is 0 Å². The number of morpholine rings is 1. The van der Waals surface area contributed by atoms with Gasteiger partial charge in [-0.1, -0.05) is 29.8 Å². The second-order valence-corrected chi connectivity index (χ2v) is 7.99. The van der Waals surface area contributed by atoms with Crippen LogP contribution in [0.15, 0.2) is 53.4 Å². The van der Waals surface area contributed by atoms with Gasteiger partial charge in [0.25, 0.3) is 0 Å². The molecule has 134 valence electrons. The number of rotatable bonds is 5. The Morgan fingerprint density at radius 1 is 1.20 bits per heavy atom. The van der Waals surface area contributed by atoms with Crippen molar-refractivity contribution in [1.29, 1.82) is 0 Å². The van der Waals surface area contributed by atoms with Gasteiger partial charge in [0.2, 0.25) is 10.0 Å². The topological polar surface area (TPSA) is 55.8 Å². The van der Waals surface area contributed by atoms with Crippen LogP contribution < -0.4 is 4.74 Å². The first-order valence-electron chi connectivity index (χ1n) is 8.11. The van der Waals surface area contributed by atoms with Gasteiger partial charge in [0.05, 0.1) is 24.2 Å². The highest BCUT2D eigenvalue weighted by atomic mass is 35.5. The molecule has 2 aromatic carbocycles. The van der Waals surface area contributed by atoms with E-state index in [1.807, 2.05) is 25.1 Å². The molecule has 0 aromatic heterocycles. The lowest BCUT2D eigenvalue weighted by Crippen LogP contribution is -2.42. The molecule has 5 nitrogen and oxygen atoms in total. The summed E-state index contributed by atoms with van der Waals surface area (Å²) in [5.41, 5.74) is 0.802. The van der Waals surface area contributed by atoms with Crippen molar-refractivity contribution in [2.45, 2.75) is 17.9 Å². The lowest BCUT2D eigenvalue weighted by molar-refractivity contribution is -0.00249. The molecule has 0 radical (unpaired) electrons. The molecular formula is C18H20ClNO4S. The van der Waals surface area contributed by atoms with Gasteiger partial charge in [-0.05, 0) is 37.3 Å². The van der Waals surface area contributed by atoms with Crippen LogP contribution in [0.1, 0.15) is 18.6 Å². The highest BCUT2D eigenvalue weighted by Crippen LogP contribution is 2.30. The highest BCUT2D eigenvalue weighted by molar-refractivity contribution is 7.89. The third-order valence-electron chi connectivity index (χ3n) is 4.05. The van der Waals surface area contributed by atoms with E-state index < -0.39 is 10.0 Å². The number of hydrogen-bond acceptors (Lipinski definition) is 4. The Hall–Kier alpha value is -1.60. The van der Waals surface area contributed by atoms with Crippen LogP contribution in [0.3, 0.4) is 0 Å². The van der Waals surface area contributed by atoms with E-state index in [2.05, 4.69) is 0 Å². The van der Waals surface area contributed by atoms with Gasteiger partial charge in [-0.15, -0.1) is 0 Å². The third-order valence-corrected chi connectivity index (χ3v) is 6.28. The summed E-state index contributed by atoms with van der Waals surface area (Å²) in [5, 5.41) is 0.577. The van der Waals surface area contributed by atoms with Crippen molar-refractivity contribution < 1.29 is 17.9 Å². The van der Waals surface area contributed by atoms with Gasteiger partial charge in [0, 0.05) is 23.7 Å². The minimum Gasteiger partial charge on any atom is -0.494 e. The molecule has 0 bridgehead atoms. The summed E-state index contributed by atoms with van der Waals surface area (Å²) in [6, 6.07) is 13.8. The summed E-state index contributed by atoms with van der Waals surface area (Å²) in [6.07, 6.45) is -0.375. The van der Waals surface area contributed by atoms with Gasteiger partial charge in [-0.25, -0.2) is 8.42 Å². The molecular weight excluding hydrogens is 362 g/mol. The number of nitrogens with zero attached hydrogens (tertiary/aromatic N) is 1. The Morgan fingerprint density at radius 3 is 2.60 bits per heavy atom. The summed E-state index contributed by atoms with van der Waals surface area (Å²) in [4.78, 5) is 0.246. The SMILES string of the molecule is CCOc1ccc(S(=O)(=O)N2CCOC(c3ccccc3Cl)C2)cc1. The summed E-state index contributed by atoms with van der Waals surface area (Å²) in [6.45, 7) is 3.30. The maximum Gasteiger partial charge on any atom is 0.243 e. The zero-order valence-corrected chi connectivity index (χ0v) is 15.5. The van der Waals surface area contributed by atoms with Crippen molar-refractivity contribution >= 4 is 21.6 Å². The van der Waals surface area contributed by atoms with Gasteiger partial charge in [-0.3, -0.25) is 0 Å². The van der Waals surface area contributed by atoms with Crippen LogP contribution in [-0.2, 0) is 14.8 Å². The number of ether oxygens (including phenoxy) is 2. The fourth-order valence-corrected chi connectivity index (χ4v) is 4.47. The Balaban J connectivity index is 1.81. The maximum atomic E-state index is 12.9. The molecule has 25 heavy (non-hydrogen) atoms. The minimum absolute atomic E-state index is 0.235. The average Bonchev–Trinajstić information content (AvgIpc) is 2.63. The van der Waals surface area contributed by atoms with Crippen LogP contribution >= 0.6 is 11.6 Å². The summed E-state index contributed by atoms with van der Waals surface area (Å²) < 4.78 is 38.4. The molecule has 1 aliphatic rings. The highest BCUT2D eigenvalue weighted by Gasteiger charge is 2.32. The van der Waals surface area contributed by atoms with Crippen molar-refractivity contribution in [2.24, 2.45) is 0 Å². The fourth-order valence-electron chi connectivity index (χ4n) is 2.79. The monoisotopic (exact) mass is 381 g/mol. The van der Waals surface area contributed by atoms with Crippen molar-refractivity contribution in [3.8, 4) is 5.75 Å². The predicted octanol–water partition coefficient (Wildman–Crippen LogP) is 3.50. The van der Waals surface area contributed by atoms with E-state index in [0.717, 1.165) is 5.56 Å². The first-order chi connectivity index (χ1) is 12.0. The number of sulfonamides is 1. The van der Waals surface area contributed by atoms with Crippen molar-refractivity contribution in [3.63, 3.8) is 0 Å². The van der Waals surface area contributed by atoms with Crippen LogP contribution in [0.4, 0.5) is 0 Å². The summed E-state index contributed by atoms with van der Waals surface area (Å²) in [7, 11) is -3.59. The molecule has 1 fully saturated rings. The molecule has 3 rings (SSSR count). The van der Waals surface area contributed by atoms with Crippen LogP contribution in [0.25, 0.3) is 0 Å². The van der Waals surface area contributed by atoms with E-state index in [-0.39, 0.29) is 17.5 Å². The molecule has 1 saturated heterocycles.